The summed E-state index contributed by atoms with van der Waals surface area (Å²) in [6, 6.07) is 37.4. The summed E-state index contributed by atoms with van der Waals surface area (Å²) < 4.78 is 0. The predicted molar refractivity (Wildman–Crippen MR) is 154 cm³/mol. The summed E-state index contributed by atoms with van der Waals surface area (Å²) in [7, 11) is 0. The summed E-state index contributed by atoms with van der Waals surface area (Å²) in [6.07, 6.45) is 0. The van der Waals surface area contributed by atoms with Crippen LogP contribution in [0.2, 0.25) is 0 Å². The smallest absolute Gasteiger partial charge is 0.248 e. The SMILES string of the molecule is C=C(N=C(N=C(N)c1ccccc1)c1ccccc1)C(=O)c1nc(-c2ccccc2)nc(-c2ccccc2)n1. The molecule has 1 aromatic heterocycles. The van der Waals surface area contributed by atoms with E-state index in [9.17, 15) is 4.79 Å². The van der Waals surface area contributed by atoms with Crippen LogP contribution in [0.4, 0.5) is 0 Å². The lowest BCUT2D eigenvalue weighted by atomic mass is 10.1. The van der Waals surface area contributed by atoms with Crippen LogP contribution in [-0.2, 0) is 0 Å². The molecule has 188 valence electrons. The Hall–Kier alpha value is -5.56. The molecule has 0 saturated carbocycles. The van der Waals surface area contributed by atoms with Crippen LogP contribution < -0.4 is 5.73 Å². The van der Waals surface area contributed by atoms with Crippen molar-refractivity contribution >= 4 is 17.5 Å². The Morgan fingerprint density at radius 1 is 0.590 bits per heavy atom. The molecule has 5 aromatic rings. The van der Waals surface area contributed by atoms with Gasteiger partial charge in [-0.2, -0.15) is 0 Å². The maximum absolute atomic E-state index is 13.6. The Kier molecular flexibility index (Phi) is 7.51. The van der Waals surface area contributed by atoms with Crippen molar-refractivity contribution in [3.63, 3.8) is 0 Å². The first kappa shape index (κ1) is 25.1. The van der Waals surface area contributed by atoms with Crippen molar-refractivity contribution < 1.29 is 4.79 Å². The van der Waals surface area contributed by atoms with E-state index in [2.05, 4.69) is 31.5 Å². The lowest BCUT2D eigenvalue weighted by Gasteiger charge is -2.08. The molecular formula is C32H24N6O. The molecule has 0 aliphatic carbocycles. The van der Waals surface area contributed by atoms with Gasteiger partial charge < -0.3 is 5.73 Å². The van der Waals surface area contributed by atoms with Crippen LogP contribution in [0.15, 0.2) is 144 Å². The van der Waals surface area contributed by atoms with Gasteiger partial charge in [-0.1, -0.05) is 128 Å². The summed E-state index contributed by atoms with van der Waals surface area (Å²) in [5.74, 6) is 0.642. The van der Waals surface area contributed by atoms with Crippen molar-refractivity contribution in [2.75, 3.05) is 0 Å². The van der Waals surface area contributed by atoms with Crippen LogP contribution >= 0.6 is 0 Å². The van der Waals surface area contributed by atoms with E-state index in [0.29, 0.717) is 17.2 Å². The standard InChI is InChI=1S/C32H24N6O/c1-22(34-29(24-16-8-3-9-17-24)35-28(33)23-14-6-2-7-15-23)27(39)32-37-30(25-18-10-4-11-19-25)36-31(38-32)26-20-12-5-13-21-26/h2-21H,1H2,(H2,33,34,35). The van der Waals surface area contributed by atoms with Gasteiger partial charge in [-0.3, -0.25) is 4.79 Å². The average Bonchev–Trinajstić information content (AvgIpc) is 3.01. The second-order valence-corrected chi connectivity index (χ2v) is 8.48. The number of amidine groups is 2. The maximum Gasteiger partial charge on any atom is 0.248 e. The fraction of sp³-hybridized carbons (Fsp3) is 0. The van der Waals surface area contributed by atoms with Crippen LogP contribution in [0.25, 0.3) is 22.8 Å². The summed E-state index contributed by atoms with van der Waals surface area (Å²) in [6.45, 7) is 3.93. The van der Waals surface area contributed by atoms with Crippen molar-refractivity contribution in [3.05, 3.63) is 151 Å². The fourth-order valence-electron chi connectivity index (χ4n) is 3.75. The minimum absolute atomic E-state index is 0.0659. The number of carbonyl (C=O) groups is 1. The van der Waals surface area contributed by atoms with E-state index < -0.39 is 5.78 Å². The Morgan fingerprint density at radius 2 is 1.03 bits per heavy atom. The van der Waals surface area contributed by atoms with Crippen molar-refractivity contribution in [3.8, 4) is 22.8 Å². The van der Waals surface area contributed by atoms with E-state index >= 15 is 0 Å². The van der Waals surface area contributed by atoms with E-state index in [1.807, 2.05) is 121 Å². The van der Waals surface area contributed by atoms with Gasteiger partial charge in [0.05, 0.1) is 0 Å². The van der Waals surface area contributed by atoms with E-state index in [-0.39, 0.29) is 23.2 Å². The molecule has 0 bridgehead atoms. The number of allylic oxidation sites excluding steroid dienone is 1. The molecule has 0 fully saturated rings. The number of Topliss-reactive ketones (excluding diaryl/α,β-unsaturated/α-hetero) is 1. The highest BCUT2D eigenvalue weighted by Gasteiger charge is 2.19. The summed E-state index contributed by atoms with van der Waals surface area (Å²) >= 11 is 0. The molecule has 4 aromatic carbocycles. The molecule has 7 heteroatoms. The number of ketones is 1. The Labute approximate surface area is 226 Å². The highest BCUT2D eigenvalue weighted by atomic mass is 16.1. The molecule has 7 nitrogen and oxygen atoms in total. The van der Waals surface area contributed by atoms with E-state index in [4.69, 9.17) is 5.73 Å². The topological polar surface area (TPSA) is 106 Å². The number of nitrogens with two attached hydrogens (primary N) is 1. The van der Waals surface area contributed by atoms with Gasteiger partial charge in [-0.05, 0) is 0 Å². The van der Waals surface area contributed by atoms with Gasteiger partial charge in [0, 0.05) is 22.3 Å². The van der Waals surface area contributed by atoms with E-state index in [1.54, 1.807) is 0 Å². The number of rotatable bonds is 7. The molecule has 0 radical (unpaired) electrons. The molecule has 0 atom stereocenters. The minimum atomic E-state index is -0.548. The Balaban J connectivity index is 1.56. The zero-order valence-corrected chi connectivity index (χ0v) is 21.0. The third-order valence-corrected chi connectivity index (χ3v) is 5.73. The third-order valence-electron chi connectivity index (χ3n) is 5.73. The average molecular weight is 509 g/mol. The van der Waals surface area contributed by atoms with Gasteiger partial charge in [-0.15, -0.1) is 0 Å². The number of hydrogen-bond acceptors (Lipinski definition) is 5. The molecule has 0 saturated heterocycles. The van der Waals surface area contributed by atoms with Gasteiger partial charge in [-0.25, -0.2) is 24.9 Å². The molecule has 0 spiro atoms. The van der Waals surface area contributed by atoms with Crippen molar-refractivity contribution in [2.24, 2.45) is 15.7 Å². The van der Waals surface area contributed by atoms with Gasteiger partial charge >= 0.3 is 0 Å². The quantitative estimate of drug-likeness (QED) is 0.130. The van der Waals surface area contributed by atoms with E-state index in [0.717, 1.165) is 16.7 Å². The predicted octanol–water partition coefficient (Wildman–Crippen LogP) is 5.75. The second-order valence-electron chi connectivity index (χ2n) is 8.48. The number of hydrogen-bond donors (Lipinski definition) is 1. The Morgan fingerprint density at radius 3 is 1.51 bits per heavy atom. The van der Waals surface area contributed by atoms with Gasteiger partial charge in [0.15, 0.2) is 17.5 Å². The second kappa shape index (κ2) is 11.7. The zero-order chi connectivity index (χ0) is 27.0. The van der Waals surface area contributed by atoms with Crippen molar-refractivity contribution in [2.45, 2.75) is 0 Å². The zero-order valence-electron chi connectivity index (χ0n) is 21.0. The third kappa shape index (κ3) is 6.06. The highest BCUT2D eigenvalue weighted by Crippen LogP contribution is 2.21. The first-order valence-corrected chi connectivity index (χ1v) is 12.2. The number of benzene rings is 4. The van der Waals surface area contributed by atoms with Crippen LogP contribution in [0, 0.1) is 0 Å². The summed E-state index contributed by atoms with van der Waals surface area (Å²) in [4.78, 5) is 36.2. The molecule has 39 heavy (non-hydrogen) atoms. The number of carbonyl (C=O) groups excluding carboxylic acids is 1. The van der Waals surface area contributed by atoms with Crippen LogP contribution in [-0.4, -0.2) is 32.4 Å². The van der Waals surface area contributed by atoms with Crippen LogP contribution in [0.3, 0.4) is 0 Å². The molecule has 0 unspecified atom stereocenters. The molecule has 1 heterocycles. The molecule has 5 rings (SSSR count). The number of aromatic nitrogens is 3. The molecule has 0 amide bonds. The molecule has 0 aliphatic heterocycles. The van der Waals surface area contributed by atoms with Gasteiger partial charge in [0.25, 0.3) is 0 Å². The van der Waals surface area contributed by atoms with E-state index in [1.165, 1.54) is 0 Å². The normalized spacial score (nSPS) is 11.7. The molecular weight excluding hydrogens is 484 g/mol. The summed E-state index contributed by atoms with van der Waals surface area (Å²) in [5, 5.41) is 0. The number of aliphatic imine (C=N–C) groups is 2. The first-order chi connectivity index (χ1) is 19.1. The minimum Gasteiger partial charge on any atom is -0.383 e. The lowest BCUT2D eigenvalue weighted by Crippen LogP contribution is -2.17. The summed E-state index contributed by atoms with van der Waals surface area (Å²) in [5.41, 5.74) is 9.12. The van der Waals surface area contributed by atoms with Gasteiger partial charge in [0.2, 0.25) is 11.6 Å². The fourth-order valence-corrected chi connectivity index (χ4v) is 3.75. The lowest BCUT2D eigenvalue weighted by molar-refractivity contribution is 0.102. The molecule has 2 N–H and O–H groups in total. The van der Waals surface area contributed by atoms with Crippen LogP contribution in [0.1, 0.15) is 21.7 Å². The first-order valence-electron chi connectivity index (χ1n) is 12.2. The highest BCUT2D eigenvalue weighted by molar-refractivity contribution is 6.14. The monoisotopic (exact) mass is 508 g/mol. The number of nitrogens with zero attached hydrogens (tertiary/aromatic N) is 5. The van der Waals surface area contributed by atoms with Crippen LogP contribution in [0.5, 0.6) is 0 Å². The Bertz CT molecular complexity index is 1610. The van der Waals surface area contributed by atoms with Crippen molar-refractivity contribution in [1.82, 2.24) is 15.0 Å². The van der Waals surface area contributed by atoms with Gasteiger partial charge in [0.1, 0.15) is 11.5 Å². The van der Waals surface area contributed by atoms with Crippen molar-refractivity contribution in [1.29, 1.82) is 0 Å². The molecule has 0 aliphatic rings. The largest absolute Gasteiger partial charge is 0.383 e. The maximum atomic E-state index is 13.6.